The highest BCUT2D eigenvalue weighted by Gasteiger charge is 2.63. The van der Waals surface area contributed by atoms with Gasteiger partial charge in [0.2, 0.25) is 11.8 Å². The van der Waals surface area contributed by atoms with Gasteiger partial charge in [-0.05, 0) is 30.9 Å². The number of nitrogens with zero attached hydrogens (tertiary/aromatic N) is 3. The van der Waals surface area contributed by atoms with Crippen LogP contribution < -0.4 is 5.32 Å². The lowest BCUT2D eigenvalue weighted by Crippen LogP contribution is -2.53. The number of pyridine rings is 1. The number of aromatic nitrogens is 1. The molecule has 27 heavy (non-hydrogen) atoms. The van der Waals surface area contributed by atoms with Crippen LogP contribution in [0.5, 0.6) is 0 Å². The minimum absolute atomic E-state index is 0.0243. The second-order valence-electron chi connectivity index (χ2n) is 8.85. The van der Waals surface area contributed by atoms with Crippen molar-refractivity contribution in [2.45, 2.75) is 39.7 Å². The summed E-state index contributed by atoms with van der Waals surface area (Å²) in [7, 11) is 0. The summed E-state index contributed by atoms with van der Waals surface area (Å²) in [4.78, 5) is 34.0. The molecule has 6 nitrogen and oxygen atoms in total. The first-order valence-corrected chi connectivity index (χ1v) is 10.1. The van der Waals surface area contributed by atoms with E-state index in [9.17, 15) is 9.59 Å². The fourth-order valence-electron chi connectivity index (χ4n) is 5.53. The zero-order valence-corrected chi connectivity index (χ0v) is 16.4. The van der Waals surface area contributed by atoms with Crippen LogP contribution in [-0.2, 0) is 16.1 Å². The van der Waals surface area contributed by atoms with Crippen LogP contribution in [0, 0.1) is 16.7 Å². The number of amides is 2. The van der Waals surface area contributed by atoms with E-state index in [2.05, 4.69) is 21.3 Å². The molecule has 4 rings (SSSR count). The Morgan fingerprint density at radius 3 is 2.63 bits per heavy atom. The fourth-order valence-corrected chi connectivity index (χ4v) is 5.53. The van der Waals surface area contributed by atoms with Crippen LogP contribution in [0.1, 0.15) is 38.7 Å². The second kappa shape index (κ2) is 6.89. The third-order valence-corrected chi connectivity index (χ3v) is 6.96. The summed E-state index contributed by atoms with van der Waals surface area (Å²) in [6.07, 6.45) is 6.46. The van der Waals surface area contributed by atoms with Gasteiger partial charge < -0.3 is 10.2 Å². The van der Waals surface area contributed by atoms with Crippen LogP contribution in [0.25, 0.3) is 0 Å². The Bertz CT molecular complexity index is 712. The maximum atomic E-state index is 13.0. The number of nitrogens with one attached hydrogen (secondary N) is 1. The Morgan fingerprint density at radius 2 is 2.04 bits per heavy atom. The molecule has 0 bridgehead atoms. The highest BCUT2D eigenvalue weighted by atomic mass is 16.2. The van der Waals surface area contributed by atoms with Crippen LogP contribution in [0.2, 0.25) is 0 Å². The minimum Gasteiger partial charge on any atom is -0.356 e. The predicted octanol–water partition coefficient (Wildman–Crippen LogP) is 1.67. The highest BCUT2D eigenvalue weighted by molar-refractivity contribution is 5.86. The Morgan fingerprint density at radius 1 is 1.26 bits per heavy atom. The van der Waals surface area contributed by atoms with Crippen LogP contribution in [0.4, 0.5) is 0 Å². The zero-order valence-electron chi connectivity index (χ0n) is 16.4. The van der Waals surface area contributed by atoms with Crippen LogP contribution in [0.3, 0.4) is 0 Å². The zero-order chi connectivity index (χ0) is 19.1. The first-order valence-electron chi connectivity index (χ1n) is 10.1. The van der Waals surface area contributed by atoms with Gasteiger partial charge in [-0.3, -0.25) is 19.5 Å². The number of rotatable bonds is 3. The van der Waals surface area contributed by atoms with E-state index >= 15 is 0 Å². The topological polar surface area (TPSA) is 65.5 Å². The standard InChI is InChI=1S/C21H30N4O2/c1-16(2)18(26)25-10-6-20(7-11-25)14-24(13-17-4-3-8-22-12-17)15-21(20)5-9-23-19(21)27/h3-4,8,12,16H,5-7,9-11,13-15H2,1-2H3,(H,23,27)/t21-/m0/s1. The predicted molar refractivity (Wildman–Crippen MR) is 103 cm³/mol. The van der Waals surface area contributed by atoms with Gasteiger partial charge in [-0.1, -0.05) is 19.9 Å². The van der Waals surface area contributed by atoms with Gasteiger partial charge in [0, 0.05) is 63.0 Å². The maximum absolute atomic E-state index is 13.0. The third-order valence-electron chi connectivity index (χ3n) is 6.96. The smallest absolute Gasteiger partial charge is 0.228 e. The number of hydrogen-bond acceptors (Lipinski definition) is 4. The van der Waals surface area contributed by atoms with Crippen LogP contribution >= 0.6 is 0 Å². The van der Waals surface area contributed by atoms with Crippen molar-refractivity contribution in [3.8, 4) is 0 Å². The Hall–Kier alpha value is -1.95. The summed E-state index contributed by atoms with van der Waals surface area (Å²) in [5.74, 6) is 0.494. The molecular weight excluding hydrogens is 340 g/mol. The molecule has 3 saturated heterocycles. The molecule has 4 heterocycles. The summed E-state index contributed by atoms with van der Waals surface area (Å²) in [5, 5.41) is 3.10. The highest BCUT2D eigenvalue weighted by Crippen LogP contribution is 2.56. The van der Waals surface area contributed by atoms with E-state index in [1.165, 1.54) is 5.56 Å². The molecule has 1 aromatic rings. The van der Waals surface area contributed by atoms with Gasteiger partial charge in [0.15, 0.2) is 0 Å². The van der Waals surface area contributed by atoms with E-state index in [-0.39, 0.29) is 28.6 Å². The molecule has 2 amide bonds. The van der Waals surface area contributed by atoms with Crippen molar-refractivity contribution in [1.29, 1.82) is 0 Å². The Kier molecular flexibility index (Phi) is 4.70. The summed E-state index contributed by atoms with van der Waals surface area (Å²) in [5.41, 5.74) is 0.863. The van der Waals surface area contributed by atoms with Gasteiger partial charge in [0.1, 0.15) is 0 Å². The molecule has 146 valence electrons. The van der Waals surface area contributed by atoms with Crippen molar-refractivity contribution in [2.24, 2.45) is 16.7 Å². The summed E-state index contributed by atoms with van der Waals surface area (Å²) >= 11 is 0. The molecule has 0 aliphatic carbocycles. The lowest BCUT2D eigenvalue weighted by Gasteiger charge is -2.47. The first kappa shape index (κ1) is 18.4. The molecule has 3 aliphatic heterocycles. The van der Waals surface area contributed by atoms with Gasteiger partial charge in [-0.25, -0.2) is 0 Å². The van der Waals surface area contributed by atoms with Crippen molar-refractivity contribution < 1.29 is 9.59 Å². The molecule has 6 heteroatoms. The number of likely N-dealkylation sites (tertiary alicyclic amines) is 2. The van der Waals surface area contributed by atoms with E-state index in [1.54, 1.807) is 6.20 Å². The van der Waals surface area contributed by atoms with Gasteiger partial charge in [0.05, 0.1) is 5.41 Å². The summed E-state index contributed by atoms with van der Waals surface area (Å²) in [6, 6.07) is 4.07. The Labute approximate surface area is 161 Å². The lowest BCUT2D eigenvalue weighted by atomic mass is 9.60. The Balaban J connectivity index is 1.55. The van der Waals surface area contributed by atoms with Gasteiger partial charge in [-0.15, -0.1) is 0 Å². The SMILES string of the molecule is CC(C)C(=O)N1CCC2(CC1)CN(Cc1cccnc1)C[C@]21CCNC1=O. The van der Waals surface area contributed by atoms with Crippen molar-refractivity contribution in [1.82, 2.24) is 20.1 Å². The molecule has 0 saturated carbocycles. The molecule has 3 fully saturated rings. The van der Waals surface area contributed by atoms with E-state index in [4.69, 9.17) is 0 Å². The largest absolute Gasteiger partial charge is 0.356 e. The van der Waals surface area contributed by atoms with Crippen LogP contribution in [0.15, 0.2) is 24.5 Å². The molecule has 1 atom stereocenters. The van der Waals surface area contributed by atoms with Gasteiger partial charge in [-0.2, -0.15) is 0 Å². The summed E-state index contributed by atoms with van der Waals surface area (Å²) < 4.78 is 0. The lowest BCUT2D eigenvalue weighted by molar-refractivity contribution is -0.140. The average molecular weight is 370 g/mol. The molecule has 0 unspecified atom stereocenters. The van der Waals surface area contributed by atoms with E-state index < -0.39 is 0 Å². The van der Waals surface area contributed by atoms with Gasteiger partial charge in [0.25, 0.3) is 0 Å². The second-order valence-corrected chi connectivity index (χ2v) is 8.85. The number of hydrogen-bond donors (Lipinski definition) is 1. The summed E-state index contributed by atoms with van der Waals surface area (Å²) in [6.45, 7) is 8.81. The van der Waals surface area contributed by atoms with Crippen molar-refractivity contribution in [2.75, 3.05) is 32.7 Å². The molecule has 0 aromatic carbocycles. The van der Waals surface area contributed by atoms with Crippen molar-refractivity contribution >= 4 is 11.8 Å². The minimum atomic E-state index is -0.303. The van der Waals surface area contributed by atoms with Crippen LogP contribution in [-0.4, -0.2) is 59.3 Å². The number of piperidine rings is 1. The first-order chi connectivity index (χ1) is 13.0. The molecule has 1 N–H and O–H groups in total. The normalized spacial score (nSPS) is 27.7. The van der Waals surface area contributed by atoms with Crippen molar-refractivity contribution in [3.63, 3.8) is 0 Å². The number of fused-ring (bicyclic) bond motifs is 1. The molecule has 0 radical (unpaired) electrons. The molecular formula is C21H30N4O2. The maximum Gasteiger partial charge on any atom is 0.228 e. The molecule has 2 spiro atoms. The average Bonchev–Trinajstić information content (AvgIpc) is 3.17. The molecule has 3 aliphatic rings. The molecule has 1 aromatic heterocycles. The monoisotopic (exact) mass is 370 g/mol. The van der Waals surface area contributed by atoms with E-state index in [1.807, 2.05) is 31.0 Å². The fraction of sp³-hybridized carbons (Fsp3) is 0.667. The van der Waals surface area contributed by atoms with Gasteiger partial charge >= 0.3 is 0 Å². The number of carbonyl (C=O) groups is 2. The van der Waals surface area contributed by atoms with E-state index in [0.29, 0.717) is 0 Å². The number of carbonyl (C=O) groups excluding carboxylic acids is 2. The van der Waals surface area contributed by atoms with E-state index in [0.717, 1.165) is 58.5 Å². The third kappa shape index (κ3) is 3.04. The van der Waals surface area contributed by atoms with Crippen molar-refractivity contribution in [3.05, 3.63) is 30.1 Å². The quantitative estimate of drug-likeness (QED) is 0.879.